The summed E-state index contributed by atoms with van der Waals surface area (Å²) in [5.41, 5.74) is 2.71. The predicted molar refractivity (Wildman–Crippen MR) is 66.8 cm³/mol. The van der Waals surface area contributed by atoms with Crippen LogP contribution in [0.15, 0.2) is 24.5 Å². The van der Waals surface area contributed by atoms with Crippen molar-refractivity contribution in [2.24, 2.45) is 0 Å². The van der Waals surface area contributed by atoms with E-state index < -0.39 is 0 Å². The summed E-state index contributed by atoms with van der Waals surface area (Å²) in [6.07, 6.45) is 4.45. The van der Waals surface area contributed by atoms with Crippen molar-refractivity contribution in [1.82, 2.24) is 14.5 Å². The second kappa shape index (κ2) is 4.19. The fourth-order valence-corrected chi connectivity index (χ4v) is 2.37. The van der Waals surface area contributed by atoms with E-state index in [-0.39, 0.29) is 0 Å². The Bertz CT molecular complexity index is 573. The number of rotatable bonds is 2. The number of hydrogen-bond donors (Lipinski definition) is 0. The van der Waals surface area contributed by atoms with Gasteiger partial charge >= 0.3 is 0 Å². The minimum Gasteiger partial charge on any atom is -0.318 e. The van der Waals surface area contributed by atoms with Crippen LogP contribution in [-0.2, 0) is 6.67 Å². The van der Waals surface area contributed by atoms with Gasteiger partial charge in [-0.3, -0.25) is 4.90 Å². The zero-order valence-corrected chi connectivity index (χ0v) is 9.63. The van der Waals surface area contributed by atoms with Crippen molar-refractivity contribution in [3.05, 3.63) is 35.9 Å². The van der Waals surface area contributed by atoms with Crippen LogP contribution in [0.2, 0.25) is 0 Å². The molecule has 1 aromatic carbocycles. The Labute approximate surface area is 100 Å². The monoisotopic (exact) mass is 226 g/mol. The third-order valence-electron chi connectivity index (χ3n) is 3.28. The maximum atomic E-state index is 7.05. The summed E-state index contributed by atoms with van der Waals surface area (Å²) in [7, 11) is 0. The van der Waals surface area contributed by atoms with E-state index in [9.17, 15) is 0 Å². The van der Waals surface area contributed by atoms with Crippen LogP contribution in [0.5, 0.6) is 0 Å². The van der Waals surface area contributed by atoms with Crippen molar-refractivity contribution < 1.29 is 0 Å². The number of benzene rings is 1. The van der Waals surface area contributed by atoms with E-state index in [1.165, 1.54) is 25.9 Å². The van der Waals surface area contributed by atoms with Crippen molar-refractivity contribution in [3.8, 4) is 0 Å². The van der Waals surface area contributed by atoms with Crippen LogP contribution in [0, 0.1) is 6.57 Å². The number of aromatic nitrogens is 2. The first kappa shape index (κ1) is 10.3. The Hall–Kier alpha value is -1.86. The highest BCUT2D eigenvalue weighted by molar-refractivity contribution is 5.79. The molecule has 2 heterocycles. The van der Waals surface area contributed by atoms with E-state index >= 15 is 0 Å². The van der Waals surface area contributed by atoms with Crippen LogP contribution in [-0.4, -0.2) is 27.5 Å². The van der Waals surface area contributed by atoms with Crippen molar-refractivity contribution in [3.63, 3.8) is 0 Å². The highest BCUT2D eigenvalue weighted by Gasteiger charge is 2.13. The topological polar surface area (TPSA) is 25.4 Å². The van der Waals surface area contributed by atoms with E-state index in [1.54, 1.807) is 0 Å². The van der Waals surface area contributed by atoms with Crippen LogP contribution in [0.1, 0.15) is 12.8 Å². The molecular formula is C13H14N4. The number of nitrogens with zero attached hydrogens (tertiary/aromatic N) is 4. The van der Waals surface area contributed by atoms with Crippen LogP contribution in [0.25, 0.3) is 15.9 Å². The molecule has 0 amide bonds. The Morgan fingerprint density at radius 2 is 2.12 bits per heavy atom. The normalized spacial score (nSPS) is 16.4. The maximum absolute atomic E-state index is 7.05. The summed E-state index contributed by atoms with van der Waals surface area (Å²) in [4.78, 5) is 10.3. The van der Waals surface area contributed by atoms with Crippen LogP contribution in [0.3, 0.4) is 0 Å². The standard InChI is InChI=1S/C13H14N4/c1-14-11-4-5-12-13(8-11)17(9-15-12)10-16-6-2-3-7-16/h4-5,8-9H,2-3,6-7,10H2. The number of fused-ring (bicyclic) bond motifs is 1. The fourth-order valence-electron chi connectivity index (χ4n) is 2.37. The molecule has 1 aromatic heterocycles. The van der Waals surface area contributed by atoms with E-state index in [0.29, 0.717) is 5.69 Å². The zero-order valence-electron chi connectivity index (χ0n) is 9.63. The lowest BCUT2D eigenvalue weighted by Crippen LogP contribution is -2.22. The molecule has 0 saturated carbocycles. The SMILES string of the molecule is [C-]#[N+]c1ccc2ncn(CN3CCCC3)c2c1. The Morgan fingerprint density at radius 1 is 1.29 bits per heavy atom. The lowest BCUT2D eigenvalue weighted by atomic mass is 10.3. The predicted octanol–water partition coefficient (Wildman–Crippen LogP) is 2.64. The van der Waals surface area contributed by atoms with E-state index in [2.05, 4.69) is 19.3 Å². The second-order valence-electron chi connectivity index (χ2n) is 4.47. The Morgan fingerprint density at radius 3 is 2.88 bits per heavy atom. The molecule has 0 spiro atoms. The summed E-state index contributed by atoms with van der Waals surface area (Å²) in [6, 6.07) is 5.66. The molecule has 4 nitrogen and oxygen atoms in total. The van der Waals surface area contributed by atoms with Gasteiger partial charge in [-0.1, -0.05) is 6.07 Å². The summed E-state index contributed by atoms with van der Waals surface area (Å²) in [5.74, 6) is 0. The molecule has 1 saturated heterocycles. The molecule has 1 fully saturated rings. The van der Waals surface area contributed by atoms with Gasteiger partial charge in [0.1, 0.15) is 0 Å². The van der Waals surface area contributed by atoms with E-state index in [1.807, 2.05) is 24.5 Å². The summed E-state index contributed by atoms with van der Waals surface area (Å²) < 4.78 is 2.13. The fraction of sp³-hybridized carbons (Fsp3) is 0.385. The van der Waals surface area contributed by atoms with Crippen molar-refractivity contribution in [2.75, 3.05) is 13.1 Å². The highest BCUT2D eigenvalue weighted by atomic mass is 15.3. The molecule has 1 aliphatic heterocycles. The largest absolute Gasteiger partial charge is 0.318 e. The molecule has 0 bridgehead atoms. The van der Waals surface area contributed by atoms with Crippen molar-refractivity contribution in [1.29, 1.82) is 0 Å². The zero-order chi connectivity index (χ0) is 11.7. The minimum atomic E-state index is 0.681. The summed E-state index contributed by atoms with van der Waals surface area (Å²) >= 11 is 0. The first-order chi connectivity index (χ1) is 8.36. The van der Waals surface area contributed by atoms with Gasteiger partial charge in [-0.05, 0) is 38.1 Å². The Balaban J connectivity index is 1.95. The molecule has 86 valence electrons. The van der Waals surface area contributed by atoms with Gasteiger partial charge in [-0.25, -0.2) is 9.83 Å². The molecular weight excluding hydrogens is 212 g/mol. The molecule has 0 aliphatic carbocycles. The molecule has 4 heteroatoms. The van der Waals surface area contributed by atoms with Crippen molar-refractivity contribution in [2.45, 2.75) is 19.5 Å². The van der Waals surface area contributed by atoms with Gasteiger partial charge < -0.3 is 4.57 Å². The summed E-state index contributed by atoms with van der Waals surface area (Å²) in [6.45, 7) is 10.3. The first-order valence-electron chi connectivity index (χ1n) is 5.91. The minimum absolute atomic E-state index is 0.681. The van der Waals surface area contributed by atoms with Gasteiger partial charge in [-0.2, -0.15) is 0 Å². The average Bonchev–Trinajstić information content (AvgIpc) is 2.99. The molecule has 1 aliphatic rings. The van der Waals surface area contributed by atoms with Gasteiger partial charge in [0, 0.05) is 0 Å². The van der Waals surface area contributed by atoms with Gasteiger partial charge in [0.15, 0.2) is 5.69 Å². The molecule has 0 N–H and O–H groups in total. The quantitative estimate of drug-likeness (QED) is 0.735. The average molecular weight is 226 g/mol. The van der Waals surface area contributed by atoms with Crippen LogP contribution < -0.4 is 0 Å². The number of imidazole rings is 1. The molecule has 17 heavy (non-hydrogen) atoms. The molecule has 0 atom stereocenters. The van der Waals surface area contributed by atoms with Gasteiger partial charge in [0.25, 0.3) is 0 Å². The Kier molecular flexibility index (Phi) is 2.54. The molecule has 3 rings (SSSR count). The number of hydrogen-bond acceptors (Lipinski definition) is 2. The van der Waals surface area contributed by atoms with Gasteiger partial charge in [0.05, 0.1) is 30.6 Å². The molecule has 2 aromatic rings. The smallest absolute Gasteiger partial charge is 0.189 e. The third kappa shape index (κ3) is 1.90. The molecule has 0 unspecified atom stereocenters. The summed E-state index contributed by atoms with van der Waals surface area (Å²) in [5, 5.41) is 0. The van der Waals surface area contributed by atoms with Crippen LogP contribution >= 0.6 is 0 Å². The van der Waals surface area contributed by atoms with E-state index in [4.69, 9.17) is 6.57 Å². The van der Waals surface area contributed by atoms with E-state index in [0.717, 1.165) is 17.7 Å². The highest BCUT2D eigenvalue weighted by Crippen LogP contribution is 2.21. The van der Waals surface area contributed by atoms with Crippen LogP contribution in [0.4, 0.5) is 5.69 Å². The van der Waals surface area contributed by atoms with Gasteiger partial charge in [0.2, 0.25) is 0 Å². The van der Waals surface area contributed by atoms with Gasteiger partial charge in [-0.15, -0.1) is 0 Å². The first-order valence-corrected chi connectivity index (χ1v) is 5.91. The molecule has 0 radical (unpaired) electrons. The lowest BCUT2D eigenvalue weighted by Gasteiger charge is -2.15. The van der Waals surface area contributed by atoms with Crippen molar-refractivity contribution >= 4 is 16.7 Å². The second-order valence-corrected chi connectivity index (χ2v) is 4.47. The third-order valence-corrected chi connectivity index (χ3v) is 3.28. The number of likely N-dealkylation sites (tertiary alicyclic amines) is 1. The lowest BCUT2D eigenvalue weighted by molar-refractivity contribution is 0.274. The maximum Gasteiger partial charge on any atom is 0.189 e.